The summed E-state index contributed by atoms with van der Waals surface area (Å²) in [5, 5.41) is 13.9. The number of fused-ring (bicyclic) bond motifs is 1. The second kappa shape index (κ2) is 5.55. The van der Waals surface area contributed by atoms with E-state index in [0.717, 1.165) is 18.4 Å². The molecular formula is C15H22N2O. The van der Waals surface area contributed by atoms with Crippen LogP contribution in [0.25, 0.3) is 10.9 Å². The molecule has 0 N–H and O–H groups in total. The molecule has 0 fully saturated rings. The second-order valence-electron chi connectivity index (χ2n) is 4.94. The normalized spacial score (nSPS) is 14.8. The maximum Gasteiger partial charge on any atom is 0.158 e. The van der Waals surface area contributed by atoms with Crippen molar-refractivity contribution >= 4 is 10.9 Å². The average Bonchev–Trinajstić information content (AvgIpc) is 2.80. The third kappa shape index (κ3) is 2.74. The lowest BCUT2D eigenvalue weighted by Crippen LogP contribution is -2.43. The van der Waals surface area contributed by atoms with Crippen LogP contribution in [0.1, 0.15) is 26.7 Å². The highest BCUT2D eigenvalue weighted by Crippen LogP contribution is 2.18. The molecule has 0 aliphatic rings. The Morgan fingerprint density at radius 3 is 2.67 bits per heavy atom. The maximum atomic E-state index is 12.7. The lowest BCUT2D eigenvalue weighted by Gasteiger charge is -2.42. The molecule has 1 aromatic heterocycles. The Morgan fingerprint density at radius 2 is 1.94 bits per heavy atom. The highest BCUT2D eigenvalue weighted by molar-refractivity contribution is 5.79. The van der Waals surface area contributed by atoms with Crippen LogP contribution < -0.4 is 0 Å². The van der Waals surface area contributed by atoms with E-state index in [9.17, 15) is 5.21 Å². The van der Waals surface area contributed by atoms with E-state index in [-0.39, 0.29) is 4.65 Å². The molecule has 0 spiro atoms. The largest absolute Gasteiger partial charge is 0.631 e. The highest BCUT2D eigenvalue weighted by atomic mass is 16.5. The number of rotatable bonds is 6. The minimum atomic E-state index is -0.132. The van der Waals surface area contributed by atoms with Crippen molar-refractivity contribution in [3.63, 3.8) is 0 Å². The van der Waals surface area contributed by atoms with Gasteiger partial charge in [-0.1, -0.05) is 31.5 Å². The van der Waals surface area contributed by atoms with Crippen molar-refractivity contribution < 1.29 is 4.65 Å². The van der Waals surface area contributed by atoms with Crippen LogP contribution in [-0.2, 0) is 6.67 Å². The van der Waals surface area contributed by atoms with Gasteiger partial charge in [0.25, 0.3) is 0 Å². The molecule has 2 aromatic rings. The zero-order valence-electron chi connectivity index (χ0n) is 11.3. The third-order valence-corrected chi connectivity index (χ3v) is 3.59. The first-order chi connectivity index (χ1) is 8.68. The molecule has 0 aliphatic carbocycles. The predicted octanol–water partition coefficient (Wildman–Crippen LogP) is 3.73. The fourth-order valence-electron chi connectivity index (χ4n) is 2.32. The van der Waals surface area contributed by atoms with Crippen molar-refractivity contribution in [1.82, 2.24) is 4.57 Å². The summed E-state index contributed by atoms with van der Waals surface area (Å²) in [4.78, 5) is 0. The van der Waals surface area contributed by atoms with Crippen molar-refractivity contribution in [2.24, 2.45) is 0 Å². The first-order valence-electron chi connectivity index (χ1n) is 6.79. The van der Waals surface area contributed by atoms with Gasteiger partial charge in [0.05, 0.1) is 18.6 Å². The molecule has 3 heteroatoms. The summed E-state index contributed by atoms with van der Waals surface area (Å²) >= 11 is 0. The van der Waals surface area contributed by atoms with Crippen molar-refractivity contribution in [3.8, 4) is 0 Å². The van der Waals surface area contributed by atoms with E-state index in [2.05, 4.69) is 29.7 Å². The molecule has 18 heavy (non-hydrogen) atoms. The van der Waals surface area contributed by atoms with E-state index in [1.165, 1.54) is 5.39 Å². The van der Waals surface area contributed by atoms with Gasteiger partial charge >= 0.3 is 0 Å². The fraction of sp³-hybridized carbons (Fsp3) is 0.467. The molecule has 0 amide bonds. The Morgan fingerprint density at radius 1 is 1.17 bits per heavy atom. The second-order valence-corrected chi connectivity index (χ2v) is 4.94. The van der Waals surface area contributed by atoms with Crippen molar-refractivity contribution in [2.75, 3.05) is 13.1 Å². The summed E-state index contributed by atoms with van der Waals surface area (Å²) in [5.41, 5.74) is 1.15. The van der Waals surface area contributed by atoms with Crippen LogP contribution in [0.2, 0.25) is 0 Å². The zero-order valence-corrected chi connectivity index (χ0v) is 11.3. The smallest absolute Gasteiger partial charge is 0.158 e. The summed E-state index contributed by atoms with van der Waals surface area (Å²) in [6, 6.07) is 10.3. The third-order valence-electron chi connectivity index (χ3n) is 3.59. The Kier molecular flexibility index (Phi) is 4.04. The molecule has 1 heterocycles. The molecule has 0 radical (unpaired) electrons. The van der Waals surface area contributed by atoms with E-state index < -0.39 is 0 Å². The van der Waals surface area contributed by atoms with Crippen molar-refractivity contribution in [2.45, 2.75) is 33.4 Å². The molecule has 0 bridgehead atoms. The first-order valence-corrected chi connectivity index (χ1v) is 6.79. The summed E-state index contributed by atoms with van der Waals surface area (Å²) in [6.07, 6.45) is 4.10. The van der Waals surface area contributed by atoms with Crippen molar-refractivity contribution in [1.29, 1.82) is 0 Å². The van der Waals surface area contributed by atoms with Crippen LogP contribution in [0, 0.1) is 5.21 Å². The van der Waals surface area contributed by atoms with Gasteiger partial charge in [0.1, 0.15) is 0 Å². The number of aromatic nitrogens is 1. The SMILES string of the molecule is CCCC[N+]([O-])(CC)Cn1ccc2ccccc21. The number of nitrogens with zero attached hydrogens (tertiary/aromatic N) is 2. The van der Waals surface area contributed by atoms with Gasteiger partial charge in [-0.25, -0.2) is 0 Å². The molecule has 1 unspecified atom stereocenters. The number of unbranched alkanes of at least 4 members (excludes halogenated alkanes) is 1. The van der Waals surface area contributed by atoms with Gasteiger partial charge in [0.2, 0.25) is 0 Å². The number of benzene rings is 1. The molecule has 0 saturated heterocycles. The summed E-state index contributed by atoms with van der Waals surface area (Å²) in [6.45, 7) is 5.97. The van der Waals surface area contributed by atoms with Gasteiger partial charge in [-0.2, -0.15) is 0 Å². The Labute approximate surface area is 109 Å². The minimum Gasteiger partial charge on any atom is -0.631 e. The van der Waals surface area contributed by atoms with Gasteiger partial charge in [-0.3, -0.25) is 0 Å². The van der Waals surface area contributed by atoms with Gasteiger partial charge in [0, 0.05) is 6.20 Å². The predicted molar refractivity (Wildman–Crippen MR) is 75.9 cm³/mol. The van der Waals surface area contributed by atoms with E-state index in [1.54, 1.807) is 0 Å². The highest BCUT2D eigenvalue weighted by Gasteiger charge is 2.15. The van der Waals surface area contributed by atoms with Gasteiger partial charge in [-0.15, -0.1) is 0 Å². The van der Waals surface area contributed by atoms with Crippen LogP contribution in [-0.4, -0.2) is 22.3 Å². The van der Waals surface area contributed by atoms with Gasteiger partial charge in [-0.05, 0) is 30.9 Å². The topological polar surface area (TPSA) is 28.0 Å². The van der Waals surface area contributed by atoms with E-state index in [0.29, 0.717) is 19.8 Å². The Hall–Kier alpha value is -1.32. The number of hydrogen-bond donors (Lipinski definition) is 0. The molecule has 3 nitrogen and oxygen atoms in total. The lowest BCUT2D eigenvalue weighted by atomic mass is 10.2. The Balaban J connectivity index is 2.21. The minimum absolute atomic E-state index is 0.132. The molecule has 1 aromatic carbocycles. The van der Waals surface area contributed by atoms with E-state index in [1.807, 2.05) is 25.3 Å². The standard InChI is InChI=1S/C15H22N2O/c1-3-5-12-17(18,4-2)13-16-11-10-14-8-6-7-9-15(14)16/h6-11H,3-5,12-13H2,1-2H3. The van der Waals surface area contributed by atoms with Gasteiger partial charge in [0.15, 0.2) is 6.67 Å². The lowest BCUT2D eigenvalue weighted by molar-refractivity contribution is -0.901. The molecule has 2 rings (SSSR count). The van der Waals surface area contributed by atoms with E-state index >= 15 is 0 Å². The molecule has 1 atom stereocenters. The van der Waals surface area contributed by atoms with Crippen LogP contribution in [0.5, 0.6) is 0 Å². The fourth-order valence-corrected chi connectivity index (χ4v) is 2.32. The maximum absolute atomic E-state index is 12.7. The van der Waals surface area contributed by atoms with E-state index in [4.69, 9.17) is 0 Å². The monoisotopic (exact) mass is 246 g/mol. The van der Waals surface area contributed by atoms with Crippen LogP contribution >= 0.6 is 0 Å². The first kappa shape index (κ1) is 13.1. The van der Waals surface area contributed by atoms with Crippen LogP contribution in [0.4, 0.5) is 0 Å². The van der Waals surface area contributed by atoms with Crippen LogP contribution in [0.15, 0.2) is 36.5 Å². The van der Waals surface area contributed by atoms with Crippen molar-refractivity contribution in [3.05, 3.63) is 41.7 Å². The quantitative estimate of drug-likeness (QED) is 0.563. The zero-order chi connectivity index (χ0) is 13.0. The summed E-state index contributed by atoms with van der Waals surface area (Å²) < 4.78 is 1.95. The number of quaternary nitrogens is 1. The number of hydrogen-bond acceptors (Lipinski definition) is 1. The Bertz CT molecular complexity index is 506. The number of para-hydroxylation sites is 1. The summed E-state index contributed by atoms with van der Waals surface area (Å²) in [5.74, 6) is 0. The van der Waals surface area contributed by atoms with Crippen LogP contribution in [0.3, 0.4) is 0 Å². The number of hydroxylamine groups is 3. The average molecular weight is 246 g/mol. The molecule has 0 aliphatic heterocycles. The van der Waals surface area contributed by atoms with Gasteiger partial charge < -0.3 is 14.4 Å². The molecule has 98 valence electrons. The molecular weight excluding hydrogens is 224 g/mol. The molecule has 0 saturated carbocycles. The summed E-state index contributed by atoms with van der Waals surface area (Å²) in [7, 11) is 0.